The molecule has 0 aromatic carbocycles. The highest BCUT2D eigenvalue weighted by molar-refractivity contribution is 5.70. The molecular weight excluding hydrogens is 292 g/mol. The molecule has 5 heteroatoms. The number of rotatable bonds is 5. The van der Waals surface area contributed by atoms with Crippen LogP contribution >= 0.6 is 0 Å². The fourth-order valence-corrected chi connectivity index (χ4v) is 4.95. The van der Waals surface area contributed by atoms with Crippen LogP contribution in [0.15, 0.2) is 0 Å². The van der Waals surface area contributed by atoms with Crippen molar-refractivity contribution in [1.29, 1.82) is 0 Å². The first-order valence-electron chi connectivity index (χ1n) is 9.59. The average Bonchev–Trinajstić information content (AvgIpc) is 3.06. The summed E-state index contributed by atoms with van der Waals surface area (Å²) in [6.07, 6.45) is 11.8. The van der Waals surface area contributed by atoms with Gasteiger partial charge in [0.15, 0.2) is 0 Å². The average molecular weight is 324 g/mol. The summed E-state index contributed by atoms with van der Waals surface area (Å²) in [6, 6.07) is 0. The van der Waals surface area contributed by atoms with Crippen LogP contribution in [0, 0.1) is 23.7 Å². The van der Waals surface area contributed by atoms with E-state index in [0.717, 1.165) is 38.0 Å². The molecule has 3 aliphatic rings. The van der Waals surface area contributed by atoms with Crippen LogP contribution in [0.25, 0.3) is 0 Å². The third-order valence-electron chi connectivity index (χ3n) is 6.32. The molecule has 2 aliphatic carbocycles. The fourth-order valence-electron chi connectivity index (χ4n) is 4.95. The first-order chi connectivity index (χ1) is 11.2. The molecule has 3 fully saturated rings. The summed E-state index contributed by atoms with van der Waals surface area (Å²) >= 11 is 0. The Morgan fingerprint density at radius 2 is 1.96 bits per heavy atom. The molecule has 0 aromatic rings. The summed E-state index contributed by atoms with van der Waals surface area (Å²) in [7, 11) is 0. The van der Waals surface area contributed by atoms with Crippen molar-refractivity contribution < 1.29 is 14.7 Å². The van der Waals surface area contributed by atoms with E-state index in [1.807, 2.05) is 0 Å². The van der Waals surface area contributed by atoms with Gasteiger partial charge in [0.2, 0.25) is 0 Å². The SMILES string of the molecule is CCC(C1CCCCC1)C1NC(C2CCCC(C(=O)O)C2)NO1. The molecule has 5 atom stereocenters. The number of carbonyl (C=O) groups is 1. The summed E-state index contributed by atoms with van der Waals surface area (Å²) in [6.45, 7) is 2.26. The molecule has 132 valence electrons. The number of hydrogen-bond donors (Lipinski definition) is 3. The normalized spacial score (nSPS) is 37.6. The Balaban J connectivity index is 1.55. The van der Waals surface area contributed by atoms with Gasteiger partial charge in [-0.05, 0) is 37.5 Å². The highest BCUT2D eigenvalue weighted by atomic mass is 16.7. The molecule has 3 rings (SSSR count). The summed E-state index contributed by atoms with van der Waals surface area (Å²) < 4.78 is 0. The van der Waals surface area contributed by atoms with E-state index in [2.05, 4.69) is 17.7 Å². The minimum atomic E-state index is -0.640. The van der Waals surface area contributed by atoms with Crippen LogP contribution in [0.5, 0.6) is 0 Å². The van der Waals surface area contributed by atoms with Crippen LogP contribution in [0.4, 0.5) is 0 Å². The Hall–Kier alpha value is -0.650. The van der Waals surface area contributed by atoms with Crippen LogP contribution in [0.3, 0.4) is 0 Å². The molecule has 5 unspecified atom stereocenters. The number of hydrogen-bond acceptors (Lipinski definition) is 4. The van der Waals surface area contributed by atoms with Crippen molar-refractivity contribution in [3.63, 3.8) is 0 Å². The topological polar surface area (TPSA) is 70.6 Å². The van der Waals surface area contributed by atoms with Gasteiger partial charge in [0, 0.05) is 5.92 Å². The quantitative estimate of drug-likeness (QED) is 0.724. The lowest BCUT2D eigenvalue weighted by Crippen LogP contribution is -2.45. The van der Waals surface area contributed by atoms with E-state index in [-0.39, 0.29) is 18.3 Å². The zero-order valence-electron chi connectivity index (χ0n) is 14.3. The van der Waals surface area contributed by atoms with Crippen LogP contribution in [-0.2, 0) is 9.63 Å². The number of nitrogens with one attached hydrogen (secondary N) is 2. The second-order valence-electron chi connectivity index (χ2n) is 7.73. The second-order valence-corrected chi connectivity index (χ2v) is 7.73. The number of hydroxylamine groups is 1. The van der Waals surface area contributed by atoms with E-state index in [0.29, 0.717) is 11.8 Å². The van der Waals surface area contributed by atoms with Gasteiger partial charge in [-0.1, -0.05) is 45.4 Å². The predicted octanol–water partition coefficient (Wildman–Crippen LogP) is 3.26. The molecule has 5 nitrogen and oxygen atoms in total. The molecule has 0 spiro atoms. The van der Waals surface area contributed by atoms with Gasteiger partial charge < -0.3 is 5.11 Å². The number of carboxylic acid groups (broad SMARTS) is 1. The van der Waals surface area contributed by atoms with Crippen LogP contribution in [0.2, 0.25) is 0 Å². The van der Waals surface area contributed by atoms with Crippen molar-refractivity contribution >= 4 is 5.97 Å². The Morgan fingerprint density at radius 1 is 1.17 bits per heavy atom. The molecule has 1 aliphatic heterocycles. The molecule has 23 heavy (non-hydrogen) atoms. The molecule has 1 saturated heterocycles. The molecule has 0 radical (unpaired) electrons. The van der Waals surface area contributed by atoms with Crippen molar-refractivity contribution in [1.82, 2.24) is 10.8 Å². The van der Waals surface area contributed by atoms with Gasteiger partial charge >= 0.3 is 5.97 Å². The lowest BCUT2D eigenvalue weighted by molar-refractivity contribution is -0.143. The third kappa shape index (κ3) is 4.06. The van der Waals surface area contributed by atoms with Crippen LogP contribution < -0.4 is 10.8 Å². The number of carboxylic acids is 1. The largest absolute Gasteiger partial charge is 0.481 e. The first-order valence-corrected chi connectivity index (χ1v) is 9.59. The van der Waals surface area contributed by atoms with Gasteiger partial charge in [-0.2, -0.15) is 5.48 Å². The van der Waals surface area contributed by atoms with E-state index in [4.69, 9.17) is 4.84 Å². The molecule has 0 aromatic heterocycles. The van der Waals surface area contributed by atoms with E-state index in [9.17, 15) is 9.90 Å². The van der Waals surface area contributed by atoms with Gasteiger partial charge in [-0.3, -0.25) is 14.9 Å². The van der Waals surface area contributed by atoms with E-state index in [1.54, 1.807) is 0 Å². The maximum Gasteiger partial charge on any atom is 0.306 e. The van der Waals surface area contributed by atoms with E-state index < -0.39 is 5.97 Å². The van der Waals surface area contributed by atoms with Gasteiger partial charge in [-0.25, -0.2) is 0 Å². The summed E-state index contributed by atoms with van der Waals surface area (Å²) in [4.78, 5) is 17.2. The lowest BCUT2D eigenvalue weighted by Gasteiger charge is -2.33. The first kappa shape index (κ1) is 17.2. The Morgan fingerprint density at radius 3 is 2.65 bits per heavy atom. The van der Waals surface area contributed by atoms with Gasteiger partial charge in [-0.15, -0.1) is 0 Å². The van der Waals surface area contributed by atoms with Crippen molar-refractivity contribution in [2.75, 3.05) is 0 Å². The standard InChI is InChI=1S/C18H32N2O3/c1-2-15(12-7-4-3-5-8-12)17-19-16(20-23-17)13-9-6-10-14(11-13)18(21)22/h12-17,19-20H,2-11H2,1H3,(H,21,22). The highest BCUT2D eigenvalue weighted by Gasteiger charge is 2.40. The zero-order chi connectivity index (χ0) is 16.2. The van der Waals surface area contributed by atoms with Gasteiger partial charge in [0.25, 0.3) is 0 Å². The maximum atomic E-state index is 11.3. The highest BCUT2D eigenvalue weighted by Crippen LogP contribution is 2.36. The zero-order valence-corrected chi connectivity index (χ0v) is 14.3. The van der Waals surface area contributed by atoms with Gasteiger partial charge in [0.1, 0.15) is 6.23 Å². The monoisotopic (exact) mass is 324 g/mol. The molecule has 2 saturated carbocycles. The number of aliphatic carboxylic acids is 1. The Kier molecular flexibility index (Phi) is 5.94. The minimum Gasteiger partial charge on any atom is -0.481 e. The smallest absolute Gasteiger partial charge is 0.306 e. The summed E-state index contributed by atoms with van der Waals surface area (Å²) in [5.74, 6) is 0.866. The van der Waals surface area contributed by atoms with E-state index in [1.165, 1.54) is 32.1 Å². The maximum absolute atomic E-state index is 11.3. The second kappa shape index (κ2) is 7.95. The van der Waals surface area contributed by atoms with Crippen LogP contribution in [-0.4, -0.2) is 23.5 Å². The molecular formula is C18H32N2O3. The minimum absolute atomic E-state index is 0.0818. The third-order valence-corrected chi connectivity index (χ3v) is 6.32. The predicted molar refractivity (Wildman–Crippen MR) is 88.4 cm³/mol. The van der Waals surface area contributed by atoms with Crippen LogP contribution in [0.1, 0.15) is 71.1 Å². The van der Waals surface area contributed by atoms with Crippen molar-refractivity contribution in [3.8, 4) is 0 Å². The van der Waals surface area contributed by atoms with Gasteiger partial charge in [0.05, 0.1) is 12.1 Å². The molecule has 3 N–H and O–H groups in total. The fraction of sp³-hybridized carbons (Fsp3) is 0.944. The lowest BCUT2D eigenvalue weighted by atomic mass is 9.77. The van der Waals surface area contributed by atoms with E-state index >= 15 is 0 Å². The molecule has 1 heterocycles. The van der Waals surface area contributed by atoms with Crippen molar-refractivity contribution in [2.24, 2.45) is 23.7 Å². The Labute approximate surface area is 139 Å². The van der Waals surface area contributed by atoms with Crippen molar-refractivity contribution in [2.45, 2.75) is 83.5 Å². The summed E-state index contributed by atoms with van der Waals surface area (Å²) in [5.41, 5.74) is 3.19. The van der Waals surface area contributed by atoms with Crippen molar-refractivity contribution in [3.05, 3.63) is 0 Å². The molecule has 0 amide bonds. The molecule has 0 bridgehead atoms. The summed E-state index contributed by atoms with van der Waals surface area (Å²) in [5, 5.41) is 12.9. The Bertz CT molecular complexity index is 398.